The number of hydrogen-bond donors (Lipinski definition) is 1. The van der Waals surface area contributed by atoms with Gasteiger partial charge >= 0.3 is 0 Å². The van der Waals surface area contributed by atoms with Crippen LogP contribution in [0.25, 0.3) is 0 Å². The molecule has 1 heterocycles. The van der Waals surface area contributed by atoms with Crippen LogP contribution in [0, 0.1) is 11.7 Å². The Morgan fingerprint density at radius 2 is 2.19 bits per heavy atom. The summed E-state index contributed by atoms with van der Waals surface area (Å²) in [5.41, 5.74) is -0.560. The third kappa shape index (κ3) is 2.09. The number of pyridine rings is 1. The summed E-state index contributed by atoms with van der Waals surface area (Å²) in [4.78, 5) is 3.72. The van der Waals surface area contributed by atoms with Gasteiger partial charge in [0.15, 0.2) is 0 Å². The molecule has 1 saturated carbocycles. The van der Waals surface area contributed by atoms with E-state index in [1.165, 1.54) is 6.20 Å². The molecule has 1 N–H and O–H groups in total. The van der Waals surface area contributed by atoms with Gasteiger partial charge in [0.05, 0.1) is 11.8 Å². The molecular weight excluding hydrogens is 205 g/mol. The summed E-state index contributed by atoms with van der Waals surface area (Å²) in [6.07, 6.45) is 7.15. The Kier molecular flexibility index (Phi) is 3.24. The summed E-state index contributed by atoms with van der Waals surface area (Å²) in [5, 5.41) is 10.5. The van der Waals surface area contributed by atoms with Crippen LogP contribution in [0.15, 0.2) is 18.5 Å². The second kappa shape index (κ2) is 4.50. The summed E-state index contributed by atoms with van der Waals surface area (Å²) in [5.74, 6) is 0.296. The molecule has 16 heavy (non-hydrogen) atoms. The van der Waals surface area contributed by atoms with Crippen molar-refractivity contribution in [2.75, 3.05) is 0 Å². The lowest BCUT2D eigenvalue weighted by atomic mass is 9.74. The molecule has 0 atom stereocenters. The molecule has 2 rings (SSSR count). The Morgan fingerprint density at radius 1 is 1.50 bits per heavy atom. The van der Waals surface area contributed by atoms with Crippen LogP contribution < -0.4 is 0 Å². The standard InChI is InChI=1S/C13H18FNO/c1-2-10-3-6-13(16,7-4-10)11-5-8-15-9-12(11)14/h5,8-10,16H,2-4,6-7H2,1H3. The Bertz CT molecular complexity index is 359. The molecule has 1 aromatic heterocycles. The summed E-state index contributed by atoms with van der Waals surface area (Å²) in [7, 11) is 0. The highest BCUT2D eigenvalue weighted by Crippen LogP contribution is 2.40. The first-order valence-electron chi connectivity index (χ1n) is 5.98. The zero-order valence-corrected chi connectivity index (χ0v) is 9.62. The smallest absolute Gasteiger partial charge is 0.147 e. The fourth-order valence-corrected chi connectivity index (χ4v) is 2.59. The molecule has 3 heteroatoms. The van der Waals surface area contributed by atoms with E-state index in [9.17, 15) is 9.50 Å². The van der Waals surface area contributed by atoms with E-state index in [0.29, 0.717) is 24.3 Å². The largest absolute Gasteiger partial charge is 0.385 e. The predicted molar refractivity (Wildman–Crippen MR) is 60.3 cm³/mol. The maximum atomic E-state index is 13.6. The van der Waals surface area contributed by atoms with E-state index in [4.69, 9.17) is 0 Å². The van der Waals surface area contributed by atoms with Gasteiger partial charge in [-0.2, -0.15) is 0 Å². The van der Waals surface area contributed by atoms with Crippen LogP contribution in [0.4, 0.5) is 4.39 Å². The Hall–Kier alpha value is -0.960. The molecule has 0 bridgehead atoms. The second-order valence-electron chi connectivity index (χ2n) is 4.74. The summed E-state index contributed by atoms with van der Waals surface area (Å²) >= 11 is 0. The van der Waals surface area contributed by atoms with E-state index in [1.54, 1.807) is 12.3 Å². The number of hydrogen-bond acceptors (Lipinski definition) is 2. The van der Waals surface area contributed by atoms with E-state index in [-0.39, 0.29) is 5.82 Å². The van der Waals surface area contributed by atoms with Crippen molar-refractivity contribution in [1.82, 2.24) is 4.98 Å². The van der Waals surface area contributed by atoms with Crippen molar-refractivity contribution >= 4 is 0 Å². The lowest BCUT2D eigenvalue weighted by Crippen LogP contribution is -2.32. The average Bonchev–Trinajstić information content (AvgIpc) is 2.30. The van der Waals surface area contributed by atoms with Gasteiger partial charge in [-0.15, -0.1) is 0 Å². The van der Waals surface area contributed by atoms with Gasteiger partial charge in [0, 0.05) is 11.8 Å². The number of aromatic nitrogens is 1. The topological polar surface area (TPSA) is 33.1 Å². The van der Waals surface area contributed by atoms with Crippen LogP contribution >= 0.6 is 0 Å². The highest BCUT2D eigenvalue weighted by Gasteiger charge is 2.36. The van der Waals surface area contributed by atoms with Gasteiger partial charge in [0.25, 0.3) is 0 Å². The zero-order chi connectivity index (χ0) is 11.6. The minimum Gasteiger partial charge on any atom is -0.385 e. The van der Waals surface area contributed by atoms with Crippen LogP contribution in [-0.4, -0.2) is 10.1 Å². The predicted octanol–water partition coefficient (Wildman–Crippen LogP) is 3.01. The molecule has 0 spiro atoms. The van der Waals surface area contributed by atoms with E-state index < -0.39 is 5.60 Å². The molecule has 2 nitrogen and oxygen atoms in total. The SMILES string of the molecule is CCC1CCC(O)(c2ccncc2F)CC1. The molecule has 0 unspecified atom stereocenters. The molecule has 1 aliphatic carbocycles. The molecule has 0 aromatic carbocycles. The minimum absolute atomic E-state index is 0.389. The van der Waals surface area contributed by atoms with Gasteiger partial charge in [0.1, 0.15) is 5.82 Å². The van der Waals surface area contributed by atoms with Crippen molar-refractivity contribution < 1.29 is 9.50 Å². The van der Waals surface area contributed by atoms with E-state index in [0.717, 1.165) is 19.3 Å². The first-order valence-corrected chi connectivity index (χ1v) is 5.98. The van der Waals surface area contributed by atoms with Gasteiger partial charge in [-0.05, 0) is 37.7 Å². The van der Waals surface area contributed by atoms with Crippen LogP contribution in [0.2, 0.25) is 0 Å². The summed E-state index contributed by atoms with van der Waals surface area (Å²) in [6, 6.07) is 1.60. The Labute approximate surface area is 95.5 Å². The van der Waals surface area contributed by atoms with Crippen LogP contribution in [0.5, 0.6) is 0 Å². The minimum atomic E-state index is -0.974. The summed E-state index contributed by atoms with van der Waals surface area (Å²) in [6.45, 7) is 2.17. The number of rotatable bonds is 2. The van der Waals surface area contributed by atoms with Gasteiger partial charge in [0.2, 0.25) is 0 Å². The number of nitrogens with zero attached hydrogens (tertiary/aromatic N) is 1. The molecule has 0 aliphatic heterocycles. The van der Waals surface area contributed by atoms with Gasteiger partial charge < -0.3 is 5.11 Å². The monoisotopic (exact) mass is 223 g/mol. The average molecular weight is 223 g/mol. The molecular formula is C13H18FNO. The molecule has 0 saturated heterocycles. The third-order valence-corrected chi connectivity index (χ3v) is 3.78. The van der Waals surface area contributed by atoms with Crippen LogP contribution in [0.3, 0.4) is 0 Å². The van der Waals surface area contributed by atoms with Crippen molar-refractivity contribution in [3.05, 3.63) is 29.8 Å². The van der Waals surface area contributed by atoms with E-state index >= 15 is 0 Å². The zero-order valence-electron chi connectivity index (χ0n) is 9.62. The molecule has 0 amide bonds. The molecule has 1 aromatic rings. The lowest BCUT2D eigenvalue weighted by molar-refractivity contribution is -0.0175. The highest BCUT2D eigenvalue weighted by molar-refractivity contribution is 5.21. The first-order chi connectivity index (χ1) is 7.65. The van der Waals surface area contributed by atoms with Gasteiger partial charge in [-0.3, -0.25) is 4.98 Å². The van der Waals surface area contributed by atoms with Crippen molar-refractivity contribution in [1.29, 1.82) is 0 Å². The Balaban J connectivity index is 2.18. The highest BCUT2D eigenvalue weighted by atomic mass is 19.1. The fraction of sp³-hybridized carbons (Fsp3) is 0.615. The third-order valence-electron chi connectivity index (χ3n) is 3.78. The van der Waals surface area contributed by atoms with E-state index in [1.807, 2.05) is 0 Å². The van der Waals surface area contributed by atoms with Crippen LogP contribution in [-0.2, 0) is 5.60 Å². The quantitative estimate of drug-likeness (QED) is 0.836. The maximum Gasteiger partial charge on any atom is 0.147 e. The van der Waals surface area contributed by atoms with Crippen molar-refractivity contribution in [3.63, 3.8) is 0 Å². The van der Waals surface area contributed by atoms with Crippen molar-refractivity contribution in [3.8, 4) is 0 Å². The number of halogens is 1. The van der Waals surface area contributed by atoms with Gasteiger partial charge in [-0.1, -0.05) is 13.3 Å². The molecule has 88 valence electrons. The normalized spacial score (nSPS) is 30.3. The molecule has 0 radical (unpaired) electrons. The van der Waals surface area contributed by atoms with E-state index in [2.05, 4.69) is 11.9 Å². The fourth-order valence-electron chi connectivity index (χ4n) is 2.59. The lowest BCUT2D eigenvalue weighted by Gasteiger charge is -2.36. The maximum absolute atomic E-state index is 13.6. The Morgan fingerprint density at radius 3 is 2.75 bits per heavy atom. The molecule has 1 fully saturated rings. The number of aliphatic hydroxyl groups is 1. The van der Waals surface area contributed by atoms with Gasteiger partial charge in [-0.25, -0.2) is 4.39 Å². The van der Waals surface area contributed by atoms with Crippen molar-refractivity contribution in [2.24, 2.45) is 5.92 Å². The van der Waals surface area contributed by atoms with Crippen LogP contribution in [0.1, 0.15) is 44.6 Å². The summed E-state index contributed by atoms with van der Waals surface area (Å²) < 4.78 is 13.6. The molecule has 1 aliphatic rings. The second-order valence-corrected chi connectivity index (χ2v) is 4.74. The van der Waals surface area contributed by atoms with Crippen molar-refractivity contribution in [2.45, 2.75) is 44.6 Å². The first kappa shape index (κ1) is 11.5.